The number of carbonyl (C=O) groups excluding carboxylic acids is 1. The van der Waals surface area contributed by atoms with Crippen molar-refractivity contribution in [2.45, 2.75) is 65.7 Å². The normalized spacial score (nSPS) is 22.0. The van der Waals surface area contributed by atoms with Crippen LogP contribution in [0.3, 0.4) is 0 Å². The Kier molecular flexibility index (Phi) is 6.10. The van der Waals surface area contributed by atoms with Crippen molar-refractivity contribution in [2.24, 2.45) is 10.3 Å². The van der Waals surface area contributed by atoms with Gasteiger partial charge >= 0.3 is 0 Å². The fourth-order valence-electron chi connectivity index (χ4n) is 7.66. The summed E-state index contributed by atoms with van der Waals surface area (Å²) in [5, 5.41) is 9.53. The van der Waals surface area contributed by atoms with Gasteiger partial charge in [-0.25, -0.2) is 0 Å². The van der Waals surface area contributed by atoms with E-state index in [1.807, 2.05) is 54.6 Å². The summed E-state index contributed by atoms with van der Waals surface area (Å²) in [6.45, 7) is 12.6. The summed E-state index contributed by atoms with van der Waals surface area (Å²) >= 11 is 0. The summed E-state index contributed by atoms with van der Waals surface area (Å²) in [5.41, 5.74) is 10.5. The first-order chi connectivity index (χ1) is 20.6. The third-order valence-electron chi connectivity index (χ3n) is 9.17. The van der Waals surface area contributed by atoms with Gasteiger partial charge in [0.25, 0.3) is 11.6 Å². The van der Waals surface area contributed by atoms with Gasteiger partial charge in [0.15, 0.2) is 0 Å². The molecule has 2 spiro atoms. The number of amides is 1. The minimum Gasteiger partial charge on any atom is -0.377 e. The highest BCUT2D eigenvalue weighted by atomic mass is 16.7. The van der Waals surface area contributed by atoms with Gasteiger partial charge in [0.05, 0.1) is 23.5 Å². The van der Waals surface area contributed by atoms with Crippen molar-refractivity contribution in [1.29, 1.82) is 0 Å². The second-order valence-corrected chi connectivity index (χ2v) is 12.3. The summed E-state index contributed by atoms with van der Waals surface area (Å²) < 4.78 is 0. The lowest BCUT2D eigenvalue weighted by molar-refractivity contribution is -0.180. The van der Waals surface area contributed by atoms with Gasteiger partial charge in [0.1, 0.15) is 0 Å². The molecular formula is C37H35N3O3. The lowest BCUT2D eigenvalue weighted by Gasteiger charge is -2.40. The maximum atomic E-state index is 14.5. The van der Waals surface area contributed by atoms with E-state index in [0.29, 0.717) is 18.4 Å². The molecule has 0 N–H and O–H groups in total. The number of benzene rings is 4. The molecule has 0 bridgehead atoms. The van der Waals surface area contributed by atoms with Crippen LogP contribution in [0, 0.1) is 41.5 Å². The van der Waals surface area contributed by atoms with Crippen LogP contribution >= 0.6 is 0 Å². The van der Waals surface area contributed by atoms with Crippen molar-refractivity contribution >= 4 is 23.0 Å². The molecule has 6 heteroatoms. The molecule has 0 radical (unpaired) electrons. The monoisotopic (exact) mass is 569 g/mol. The van der Waals surface area contributed by atoms with E-state index in [1.165, 1.54) is 11.1 Å². The SMILES string of the molecule is Cc1cc(C)c(C2=NO[C@@]3(C2)c2ccccc2N(C(=O)c2ccccc2)[C@]32CC(c3c(C)cc(C)cc3C)=NO2)c(C)c1. The molecule has 3 aliphatic heterocycles. The highest BCUT2D eigenvalue weighted by molar-refractivity contribution is 6.13. The zero-order chi connectivity index (χ0) is 30.1. The lowest BCUT2D eigenvalue weighted by Crippen LogP contribution is -2.60. The number of aryl methyl sites for hydroxylation is 6. The van der Waals surface area contributed by atoms with Crippen molar-refractivity contribution in [3.05, 3.63) is 134 Å². The summed E-state index contributed by atoms with van der Waals surface area (Å²) in [5.74, 6) is -0.168. The molecule has 7 rings (SSSR count). The third kappa shape index (κ3) is 3.89. The Labute approximate surface area is 252 Å². The zero-order valence-corrected chi connectivity index (χ0v) is 25.5. The standard InChI is InChI=1S/C37H35N3O3/c1-22-16-24(3)33(25(4)17-22)30-20-36(42-38-30)29-14-10-11-15-32(29)40(35(41)28-12-8-7-9-13-28)37(36)21-31(39-43-37)34-26(5)18-23(2)19-27(34)6/h7-19H,20-21H2,1-6H3/t36-,37-/m0/s1. The van der Waals surface area contributed by atoms with E-state index >= 15 is 0 Å². The van der Waals surface area contributed by atoms with E-state index in [2.05, 4.69) is 65.8 Å². The molecule has 2 atom stereocenters. The fourth-order valence-corrected chi connectivity index (χ4v) is 7.66. The predicted octanol–water partition coefficient (Wildman–Crippen LogP) is 7.74. The number of hydrogen-bond donors (Lipinski definition) is 0. The number of anilines is 1. The fraction of sp³-hybridized carbons (Fsp3) is 0.270. The Balaban J connectivity index is 1.41. The number of oxime groups is 2. The molecular weight excluding hydrogens is 534 g/mol. The second kappa shape index (κ2) is 9.66. The topological polar surface area (TPSA) is 63.5 Å². The molecule has 0 fully saturated rings. The number of fused-ring (bicyclic) bond motifs is 3. The number of nitrogens with zero attached hydrogens (tertiary/aromatic N) is 3. The number of rotatable bonds is 3. The van der Waals surface area contributed by atoms with Gasteiger partial charge in [-0.2, -0.15) is 0 Å². The van der Waals surface area contributed by atoms with Crippen LogP contribution in [0.2, 0.25) is 0 Å². The van der Waals surface area contributed by atoms with Crippen LogP contribution in [0.4, 0.5) is 5.69 Å². The average molecular weight is 570 g/mol. The molecule has 1 amide bonds. The van der Waals surface area contributed by atoms with Crippen molar-refractivity contribution in [3.8, 4) is 0 Å². The molecule has 0 aliphatic carbocycles. The van der Waals surface area contributed by atoms with Crippen LogP contribution in [0.25, 0.3) is 0 Å². The van der Waals surface area contributed by atoms with Crippen LogP contribution < -0.4 is 4.90 Å². The smallest absolute Gasteiger partial charge is 0.269 e. The molecule has 0 aromatic heterocycles. The molecule has 0 saturated carbocycles. The lowest BCUT2D eigenvalue weighted by atomic mass is 9.77. The first kappa shape index (κ1) is 27.1. The van der Waals surface area contributed by atoms with Crippen LogP contribution in [0.1, 0.15) is 73.3 Å². The van der Waals surface area contributed by atoms with Crippen molar-refractivity contribution in [2.75, 3.05) is 4.90 Å². The van der Waals surface area contributed by atoms with Gasteiger partial charge in [-0.3, -0.25) is 9.69 Å². The number of para-hydroxylation sites is 1. The number of carbonyl (C=O) groups is 1. The minimum atomic E-state index is -1.29. The molecule has 3 aliphatic rings. The average Bonchev–Trinajstić information content (AvgIpc) is 3.65. The molecule has 6 nitrogen and oxygen atoms in total. The van der Waals surface area contributed by atoms with Gasteiger partial charge < -0.3 is 9.68 Å². The molecule has 0 unspecified atom stereocenters. The van der Waals surface area contributed by atoms with Gasteiger partial charge in [-0.15, -0.1) is 0 Å². The predicted molar refractivity (Wildman–Crippen MR) is 170 cm³/mol. The highest BCUT2D eigenvalue weighted by Gasteiger charge is 2.73. The third-order valence-corrected chi connectivity index (χ3v) is 9.17. The van der Waals surface area contributed by atoms with E-state index in [0.717, 1.165) is 56.1 Å². The Bertz CT molecular complexity index is 1830. The molecule has 216 valence electrons. The first-order valence-electron chi connectivity index (χ1n) is 14.8. The minimum absolute atomic E-state index is 0.168. The van der Waals surface area contributed by atoms with E-state index in [9.17, 15) is 4.79 Å². The van der Waals surface area contributed by atoms with Crippen molar-refractivity contribution < 1.29 is 14.5 Å². The van der Waals surface area contributed by atoms with Crippen LogP contribution in [0.15, 0.2) is 89.2 Å². The quantitative estimate of drug-likeness (QED) is 0.254. The Morgan fingerprint density at radius 3 is 1.79 bits per heavy atom. The summed E-state index contributed by atoms with van der Waals surface area (Å²) in [4.78, 5) is 29.6. The number of hydrogen-bond acceptors (Lipinski definition) is 5. The van der Waals surface area contributed by atoms with E-state index in [4.69, 9.17) is 20.0 Å². The summed E-state index contributed by atoms with van der Waals surface area (Å²) in [6, 6.07) is 26.0. The van der Waals surface area contributed by atoms with Crippen molar-refractivity contribution in [1.82, 2.24) is 0 Å². The molecule has 43 heavy (non-hydrogen) atoms. The molecule has 4 aromatic rings. The van der Waals surface area contributed by atoms with Gasteiger partial charge in [0, 0.05) is 28.7 Å². The van der Waals surface area contributed by atoms with Crippen LogP contribution in [0.5, 0.6) is 0 Å². The van der Waals surface area contributed by atoms with E-state index in [-0.39, 0.29) is 5.91 Å². The van der Waals surface area contributed by atoms with Gasteiger partial charge in [-0.05, 0) is 82.0 Å². The summed E-state index contributed by atoms with van der Waals surface area (Å²) in [7, 11) is 0. The van der Waals surface area contributed by atoms with Crippen LogP contribution in [-0.2, 0) is 15.3 Å². The van der Waals surface area contributed by atoms with Gasteiger partial charge in [-0.1, -0.05) is 82.1 Å². The molecule has 3 heterocycles. The van der Waals surface area contributed by atoms with Crippen molar-refractivity contribution in [3.63, 3.8) is 0 Å². The molecule has 4 aromatic carbocycles. The Morgan fingerprint density at radius 2 is 1.19 bits per heavy atom. The largest absolute Gasteiger partial charge is 0.377 e. The van der Waals surface area contributed by atoms with E-state index < -0.39 is 11.3 Å². The maximum Gasteiger partial charge on any atom is 0.269 e. The first-order valence-corrected chi connectivity index (χ1v) is 14.8. The molecule has 0 saturated heterocycles. The van der Waals surface area contributed by atoms with Gasteiger partial charge in [0.2, 0.25) is 5.60 Å². The van der Waals surface area contributed by atoms with Crippen LogP contribution in [-0.4, -0.2) is 23.1 Å². The Hall–Kier alpha value is -4.71. The second-order valence-electron chi connectivity index (χ2n) is 12.3. The zero-order valence-electron chi connectivity index (χ0n) is 25.5. The highest BCUT2D eigenvalue weighted by Crippen LogP contribution is 2.61. The maximum absolute atomic E-state index is 14.5. The Morgan fingerprint density at radius 1 is 0.674 bits per heavy atom. The summed E-state index contributed by atoms with van der Waals surface area (Å²) in [6.07, 6.45) is 0.779. The van der Waals surface area contributed by atoms with E-state index in [1.54, 1.807) is 4.90 Å².